The van der Waals surface area contributed by atoms with Crippen molar-refractivity contribution in [3.63, 3.8) is 0 Å². The zero-order valence-corrected chi connectivity index (χ0v) is 24.0. The SMILES string of the molecule is COc1ccc(S(=O)(=O)Nc2ccc(C(=O)N(CCCN(C)C)c3nc4c(C)cc(Cl)cc4s3)cc2)cc1. The molecular weight excluding hydrogens is 544 g/mol. The van der Waals surface area contributed by atoms with Crippen LogP contribution >= 0.6 is 22.9 Å². The van der Waals surface area contributed by atoms with E-state index in [4.69, 9.17) is 21.3 Å². The second kappa shape index (κ2) is 11.7. The van der Waals surface area contributed by atoms with Crippen molar-refractivity contribution >= 4 is 59.9 Å². The number of fused-ring (bicyclic) bond motifs is 1. The third-order valence-corrected chi connectivity index (χ3v) is 8.50. The van der Waals surface area contributed by atoms with Gasteiger partial charge in [0.05, 0.1) is 22.2 Å². The van der Waals surface area contributed by atoms with E-state index >= 15 is 0 Å². The molecule has 0 spiro atoms. The van der Waals surface area contributed by atoms with E-state index in [1.54, 1.807) is 41.3 Å². The van der Waals surface area contributed by atoms with Crippen LogP contribution in [-0.4, -0.2) is 58.5 Å². The van der Waals surface area contributed by atoms with Gasteiger partial charge in [-0.2, -0.15) is 0 Å². The average Bonchev–Trinajstić information content (AvgIpc) is 3.30. The number of hydrogen-bond acceptors (Lipinski definition) is 7. The Hall–Kier alpha value is -3.18. The first-order valence-electron chi connectivity index (χ1n) is 11.9. The largest absolute Gasteiger partial charge is 0.497 e. The highest BCUT2D eigenvalue weighted by Gasteiger charge is 2.22. The van der Waals surface area contributed by atoms with Crippen molar-refractivity contribution in [2.75, 3.05) is 43.9 Å². The second-order valence-electron chi connectivity index (χ2n) is 9.04. The number of hydrogen-bond donors (Lipinski definition) is 1. The molecule has 1 N–H and O–H groups in total. The second-order valence-corrected chi connectivity index (χ2v) is 12.2. The van der Waals surface area contributed by atoms with Crippen LogP contribution in [0.5, 0.6) is 5.75 Å². The summed E-state index contributed by atoms with van der Waals surface area (Å²) in [4.78, 5) is 22.2. The zero-order valence-electron chi connectivity index (χ0n) is 21.6. The van der Waals surface area contributed by atoms with Crippen LogP contribution in [0.15, 0.2) is 65.6 Å². The first-order chi connectivity index (χ1) is 18.1. The number of nitrogens with zero attached hydrogens (tertiary/aromatic N) is 3. The number of aryl methyl sites for hydroxylation is 1. The van der Waals surface area contributed by atoms with Crippen LogP contribution in [0, 0.1) is 6.92 Å². The molecule has 0 aliphatic heterocycles. The van der Waals surface area contributed by atoms with E-state index < -0.39 is 10.0 Å². The quantitative estimate of drug-likeness (QED) is 0.263. The number of benzene rings is 3. The summed E-state index contributed by atoms with van der Waals surface area (Å²) in [7, 11) is 1.69. The van der Waals surface area contributed by atoms with Crippen LogP contribution in [0.3, 0.4) is 0 Å². The lowest BCUT2D eigenvalue weighted by atomic mass is 10.2. The number of aromatic nitrogens is 1. The summed E-state index contributed by atoms with van der Waals surface area (Å²) >= 11 is 7.66. The van der Waals surface area contributed by atoms with E-state index in [1.165, 1.54) is 30.6 Å². The minimum atomic E-state index is -3.80. The van der Waals surface area contributed by atoms with Gasteiger partial charge in [0.15, 0.2) is 5.13 Å². The summed E-state index contributed by atoms with van der Waals surface area (Å²) in [5.74, 6) is 0.351. The van der Waals surface area contributed by atoms with Crippen LogP contribution in [0.2, 0.25) is 5.02 Å². The molecule has 4 aromatic rings. The average molecular weight is 573 g/mol. The third kappa shape index (κ3) is 6.44. The molecular formula is C27H29ClN4O4S2. The smallest absolute Gasteiger partial charge is 0.261 e. The molecule has 1 aromatic heterocycles. The fraction of sp³-hybridized carbons (Fsp3) is 0.259. The van der Waals surface area contributed by atoms with Crippen molar-refractivity contribution in [1.82, 2.24) is 9.88 Å². The monoisotopic (exact) mass is 572 g/mol. The van der Waals surface area contributed by atoms with Gasteiger partial charge in [-0.25, -0.2) is 13.4 Å². The molecule has 3 aromatic carbocycles. The molecule has 0 unspecified atom stereocenters. The van der Waals surface area contributed by atoms with Gasteiger partial charge in [0, 0.05) is 22.8 Å². The van der Waals surface area contributed by atoms with Crippen LogP contribution in [-0.2, 0) is 10.0 Å². The lowest BCUT2D eigenvalue weighted by Gasteiger charge is -2.21. The van der Waals surface area contributed by atoms with Crippen molar-refractivity contribution in [3.05, 3.63) is 76.8 Å². The molecule has 0 atom stereocenters. The summed E-state index contributed by atoms with van der Waals surface area (Å²) in [5.41, 5.74) is 2.55. The third-order valence-electron chi connectivity index (χ3n) is 5.86. The number of nitrogens with one attached hydrogen (secondary N) is 1. The molecule has 38 heavy (non-hydrogen) atoms. The van der Waals surface area contributed by atoms with Gasteiger partial charge in [-0.15, -0.1) is 0 Å². The Morgan fingerprint density at radius 3 is 2.37 bits per heavy atom. The van der Waals surface area contributed by atoms with E-state index in [0.717, 1.165) is 28.7 Å². The van der Waals surface area contributed by atoms with E-state index in [1.807, 2.05) is 33.2 Å². The Balaban J connectivity index is 1.57. The van der Waals surface area contributed by atoms with Crippen LogP contribution < -0.4 is 14.4 Å². The minimum Gasteiger partial charge on any atom is -0.497 e. The predicted octanol–water partition coefficient (Wildman–Crippen LogP) is 5.67. The van der Waals surface area contributed by atoms with Crippen molar-refractivity contribution in [2.24, 2.45) is 0 Å². The van der Waals surface area contributed by atoms with Gasteiger partial charge in [0.2, 0.25) is 0 Å². The molecule has 0 saturated heterocycles. The van der Waals surface area contributed by atoms with E-state index in [-0.39, 0.29) is 10.8 Å². The predicted molar refractivity (Wildman–Crippen MR) is 154 cm³/mol. The Morgan fingerprint density at radius 2 is 1.74 bits per heavy atom. The van der Waals surface area contributed by atoms with Gasteiger partial charge in [-0.05, 0) is 100 Å². The number of methoxy groups -OCH3 is 1. The summed E-state index contributed by atoms with van der Waals surface area (Å²) in [6.45, 7) is 3.24. The number of carbonyl (C=O) groups is 1. The highest BCUT2D eigenvalue weighted by atomic mass is 35.5. The van der Waals surface area contributed by atoms with Crippen molar-refractivity contribution in [2.45, 2.75) is 18.2 Å². The van der Waals surface area contributed by atoms with Gasteiger partial charge in [0.1, 0.15) is 5.75 Å². The highest BCUT2D eigenvalue weighted by Crippen LogP contribution is 2.34. The number of amides is 1. The van der Waals surface area contributed by atoms with E-state index in [0.29, 0.717) is 33.7 Å². The molecule has 0 bridgehead atoms. The molecule has 1 amide bonds. The Bertz CT molecular complexity index is 1540. The number of thiazole rings is 1. The fourth-order valence-corrected chi connectivity index (χ4v) is 6.40. The van der Waals surface area contributed by atoms with Gasteiger partial charge < -0.3 is 9.64 Å². The zero-order chi connectivity index (χ0) is 27.4. The molecule has 0 saturated carbocycles. The molecule has 8 nitrogen and oxygen atoms in total. The Morgan fingerprint density at radius 1 is 1.05 bits per heavy atom. The number of halogens is 1. The number of carbonyl (C=O) groups excluding carboxylic acids is 1. The van der Waals surface area contributed by atoms with Gasteiger partial charge in [0.25, 0.3) is 15.9 Å². The molecule has 0 aliphatic carbocycles. The van der Waals surface area contributed by atoms with Crippen molar-refractivity contribution < 1.29 is 17.9 Å². The molecule has 1 heterocycles. The van der Waals surface area contributed by atoms with Crippen molar-refractivity contribution in [3.8, 4) is 5.75 Å². The molecule has 4 rings (SSSR count). The van der Waals surface area contributed by atoms with E-state index in [9.17, 15) is 13.2 Å². The molecule has 200 valence electrons. The summed E-state index contributed by atoms with van der Waals surface area (Å²) in [6.07, 6.45) is 0.758. The Kier molecular flexibility index (Phi) is 8.57. The van der Waals surface area contributed by atoms with Crippen molar-refractivity contribution in [1.29, 1.82) is 0 Å². The topological polar surface area (TPSA) is 91.8 Å². The van der Waals surface area contributed by atoms with Crippen LogP contribution in [0.1, 0.15) is 22.3 Å². The first-order valence-corrected chi connectivity index (χ1v) is 14.6. The molecule has 0 fully saturated rings. The van der Waals surface area contributed by atoms with Gasteiger partial charge in [-0.1, -0.05) is 22.9 Å². The number of ether oxygens (including phenoxy) is 1. The maximum Gasteiger partial charge on any atom is 0.261 e. The maximum absolute atomic E-state index is 13.6. The summed E-state index contributed by atoms with van der Waals surface area (Å²) < 4.78 is 34.1. The highest BCUT2D eigenvalue weighted by molar-refractivity contribution is 7.92. The van der Waals surface area contributed by atoms with Gasteiger partial charge >= 0.3 is 0 Å². The Labute approximate surface area is 231 Å². The molecule has 0 radical (unpaired) electrons. The van der Waals surface area contributed by atoms with Crippen LogP contribution in [0.4, 0.5) is 10.8 Å². The first kappa shape index (κ1) is 27.8. The fourth-order valence-electron chi connectivity index (χ4n) is 3.89. The minimum absolute atomic E-state index is 0.108. The normalized spacial score (nSPS) is 11.6. The number of anilines is 2. The number of rotatable bonds is 10. The molecule has 11 heteroatoms. The molecule has 0 aliphatic rings. The lowest BCUT2D eigenvalue weighted by molar-refractivity contribution is 0.0986. The van der Waals surface area contributed by atoms with Gasteiger partial charge in [-0.3, -0.25) is 14.4 Å². The maximum atomic E-state index is 13.6. The van der Waals surface area contributed by atoms with E-state index in [2.05, 4.69) is 9.62 Å². The number of sulfonamides is 1. The summed E-state index contributed by atoms with van der Waals surface area (Å²) in [5, 5.41) is 1.22. The summed E-state index contributed by atoms with van der Waals surface area (Å²) in [6, 6.07) is 16.2. The standard InChI is InChI=1S/C27H29ClN4O4S2/c1-18-16-20(28)17-24-25(18)29-27(37-24)32(15-5-14-31(2)3)26(33)19-6-8-21(9-7-19)30-38(34,35)23-12-10-22(36-4)11-13-23/h6-13,16-17,30H,5,14-15H2,1-4H3. The lowest BCUT2D eigenvalue weighted by Crippen LogP contribution is -2.33. The van der Waals surface area contributed by atoms with Crippen LogP contribution in [0.25, 0.3) is 10.2 Å².